The summed E-state index contributed by atoms with van der Waals surface area (Å²) in [6.45, 7) is 17.0. The third-order valence-corrected chi connectivity index (χ3v) is 9.15. The molecule has 1 aromatic carbocycles. The summed E-state index contributed by atoms with van der Waals surface area (Å²) >= 11 is 0. The summed E-state index contributed by atoms with van der Waals surface area (Å²) in [5, 5.41) is 10.5. The van der Waals surface area contributed by atoms with Gasteiger partial charge in [-0.05, 0) is 49.5 Å². The first-order valence-electron chi connectivity index (χ1n) is 8.86. The Hall–Kier alpha value is 0.663. The summed E-state index contributed by atoms with van der Waals surface area (Å²) in [7, 11) is 0.892. The second-order valence-electron chi connectivity index (χ2n) is 5.03. The van der Waals surface area contributed by atoms with Crippen LogP contribution in [0.25, 0.3) is 0 Å². The van der Waals surface area contributed by atoms with Crippen LogP contribution in [0.1, 0.15) is 47.1 Å². The molecule has 4 heteroatoms. The van der Waals surface area contributed by atoms with Gasteiger partial charge in [-0.15, -0.1) is 15.8 Å². The van der Waals surface area contributed by atoms with Crippen LogP contribution in [0.15, 0.2) is 30.3 Å². The number of hydrogen-bond donors (Lipinski definition) is 0. The van der Waals surface area contributed by atoms with Crippen LogP contribution < -0.4 is 0 Å². The molecule has 24 heavy (non-hydrogen) atoms. The molecule has 0 unspecified atom stereocenters. The molecule has 0 heterocycles. The van der Waals surface area contributed by atoms with Gasteiger partial charge in [-0.3, -0.25) is 0 Å². The predicted molar refractivity (Wildman–Crippen MR) is 112 cm³/mol. The Labute approximate surface area is 167 Å². The van der Waals surface area contributed by atoms with E-state index < -0.39 is 0 Å². The van der Waals surface area contributed by atoms with Crippen molar-refractivity contribution in [2.75, 3.05) is 37.0 Å². The molecule has 0 fully saturated rings. The second-order valence-corrected chi connectivity index (χ2v) is 11.5. The molecule has 0 aromatic heterocycles. The molecule has 0 amide bonds. The second kappa shape index (κ2) is 21.7. The Balaban J connectivity index is -0.000000274. The SMILES string of the molecule is CCP(CC)CC.CCP(CC)CC.[CH2][C]([O])c1ccccc1.[Rh]. The normalized spacial score (nSPS) is 9.79. The molecule has 142 valence electrons. The van der Waals surface area contributed by atoms with Crippen molar-refractivity contribution >= 4 is 15.8 Å². The van der Waals surface area contributed by atoms with E-state index >= 15 is 0 Å². The van der Waals surface area contributed by atoms with Crippen LogP contribution >= 0.6 is 15.8 Å². The van der Waals surface area contributed by atoms with Crippen LogP contribution in [0, 0.1) is 13.0 Å². The first-order chi connectivity index (χ1) is 11.0. The van der Waals surface area contributed by atoms with Gasteiger partial charge in [0.05, 0.1) is 0 Å². The summed E-state index contributed by atoms with van der Waals surface area (Å²) < 4.78 is 0. The fourth-order valence-electron chi connectivity index (χ4n) is 1.97. The van der Waals surface area contributed by atoms with Crippen molar-refractivity contribution in [2.45, 2.75) is 41.5 Å². The molecule has 4 radical (unpaired) electrons. The largest absolute Gasteiger partial charge is 0.221 e. The maximum Gasteiger partial charge on any atom is 0.165 e. The van der Waals surface area contributed by atoms with Crippen LogP contribution in [0.2, 0.25) is 0 Å². The minimum atomic E-state index is -0.129. The first kappa shape index (κ1) is 29.4. The summed E-state index contributed by atoms with van der Waals surface area (Å²) in [5.74, 6) is 0. The smallest absolute Gasteiger partial charge is 0.165 e. The zero-order valence-corrected chi connectivity index (χ0v) is 19.9. The summed E-state index contributed by atoms with van der Waals surface area (Å²) in [6.07, 6.45) is 8.38. The van der Waals surface area contributed by atoms with Gasteiger partial charge in [0.15, 0.2) is 6.10 Å². The quantitative estimate of drug-likeness (QED) is 0.314. The zero-order chi connectivity index (χ0) is 18.1. The molecular formula is C20H37OP2Rh. The molecule has 1 rings (SSSR count). The first-order valence-corrected chi connectivity index (χ1v) is 12.7. The fourth-order valence-corrected chi connectivity index (χ4v) is 4.65. The molecule has 0 atom stereocenters. The molecule has 0 bridgehead atoms. The van der Waals surface area contributed by atoms with Gasteiger partial charge >= 0.3 is 0 Å². The van der Waals surface area contributed by atoms with Crippen molar-refractivity contribution in [3.63, 3.8) is 0 Å². The van der Waals surface area contributed by atoms with E-state index in [4.69, 9.17) is 0 Å². The van der Waals surface area contributed by atoms with Crippen molar-refractivity contribution < 1.29 is 24.6 Å². The van der Waals surface area contributed by atoms with Crippen LogP contribution in [0.4, 0.5) is 0 Å². The Morgan fingerprint density at radius 3 is 1.17 bits per heavy atom. The van der Waals surface area contributed by atoms with E-state index in [0.717, 1.165) is 0 Å². The van der Waals surface area contributed by atoms with Crippen LogP contribution in [0.3, 0.4) is 0 Å². The Morgan fingerprint density at radius 2 is 1.04 bits per heavy atom. The van der Waals surface area contributed by atoms with E-state index in [2.05, 4.69) is 48.5 Å². The zero-order valence-electron chi connectivity index (χ0n) is 16.5. The van der Waals surface area contributed by atoms with Crippen LogP contribution in [-0.4, -0.2) is 37.0 Å². The summed E-state index contributed by atoms with van der Waals surface area (Å²) in [5.41, 5.74) is 0.664. The molecule has 0 aliphatic carbocycles. The van der Waals surface area contributed by atoms with E-state index in [9.17, 15) is 5.11 Å². The Morgan fingerprint density at radius 1 is 0.750 bits per heavy atom. The van der Waals surface area contributed by atoms with Crippen LogP contribution in [0.5, 0.6) is 0 Å². The molecule has 1 aromatic rings. The van der Waals surface area contributed by atoms with Crippen molar-refractivity contribution in [1.82, 2.24) is 0 Å². The van der Waals surface area contributed by atoms with E-state index in [-0.39, 0.29) is 25.6 Å². The summed E-state index contributed by atoms with van der Waals surface area (Å²) in [4.78, 5) is 0. The van der Waals surface area contributed by atoms with E-state index in [0.29, 0.717) is 21.4 Å². The molecule has 0 aliphatic heterocycles. The van der Waals surface area contributed by atoms with Crippen molar-refractivity contribution in [2.24, 2.45) is 0 Å². The van der Waals surface area contributed by atoms with Gasteiger partial charge in [0.2, 0.25) is 0 Å². The standard InChI is InChI=1S/C8H7O.2C6H15P.Rh/c1-7(9)8-5-3-2-4-6-8;2*1-4-7(5-2)6-3;/h2-6H,1H2;2*4-6H2,1-3H3;. The monoisotopic (exact) mass is 458 g/mol. The maximum atomic E-state index is 10.5. The maximum absolute atomic E-state index is 10.5. The van der Waals surface area contributed by atoms with E-state index in [1.807, 2.05) is 18.2 Å². The van der Waals surface area contributed by atoms with Crippen molar-refractivity contribution in [3.8, 4) is 0 Å². The van der Waals surface area contributed by atoms with Gasteiger partial charge < -0.3 is 0 Å². The minimum absolute atomic E-state index is 0. The molecule has 1 nitrogen and oxygen atoms in total. The van der Waals surface area contributed by atoms with Gasteiger partial charge in [-0.1, -0.05) is 71.9 Å². The van der Waals surface area contributed by atoms with Gasteiger partial charge in [0, 0.05) is 19.5 Å². The van der Waals surface area contributed by atoms with Gasteiger partial charge in [-0.25, -0.2) is 5.11 Å². The number of rotatable bonds is 7. The third kappa shape index (κ3) is 17.5. The van der Waals surface area contributed by atoms with Crippen LogP contribution in [-0.2, 0) is 24.6 Å². The third-order valence-electron chi connectivity index (χ3n) is 3.78. The fraction of sp³-hybridized carbons (Fsp3) is 0.600. The number of hydrogen-bond acceptors (Lipinski definition) is 0. The van der Waals surface area contributed by atoms with Crippen molar-refractivity contribution in [3.05, 3.63) is 48.9 Å². The molecule has 0 aliphatic rings. The van der Waals surface area contributed by atoms with Gasteiger partial charge in [-0.2, -0.15) is 0 Å². The molecule has 0 N–H and O–H groups in total. The Bertz CT molecular complexity index is 303. The molecular weight excluding hydrogens is 421 g/mol. The predicted octanol–water partition coefficient (Wildman–Crippen LogP) is 6.88. The Kier molecular flexibility index (Phi) is 26.6. The minimum Gasteiger partial charge on any atom is -0.221 e. The molecule has 0 saturated carbocycles. The van der Waals surface area contributed by atoms with E-state index in [1.54, 1.807) is 12.1 Å². The van der Waals surface area contributed by atoms with Gasteiger partial charge in [0.1, 0.15) is 0 Å². The molecule has 0 saturated heterocycles. The number of benzene rings is 1. The van der Waals surface area contributed by atoms with Crippen molar-refractivity contribution in [1.29, 1.82) is 0 Å². The summed E-state index contributed by atoms with van der Waals surface area (Å²) in [6, 6.07) is 8.99. The average Bonchev–Trinajstić information content (AvgIpc) is 2.60. The van der Waals surface area contributed by atoms with E-state index in [1.165, 1.54) is 37.0 Å². The topological polar surface area (TPSA) is 19.9 Å². The van der Waals surface area contributed by atoms with Gasteiger partial charge in [0.25, 0.3) is 0 Å². The molecule has 0 spiro atoms. The average molecular weight is 458 g/mol.